The summed E-state index contributed by atoms with van der Waals surface area (Å²) in [5, 5.41) is 19.2. The van der Waals surface area contributed by atoms with Crippen LogP contribution >= 0.6 is 0 Å². The topological polar surface area (TPSA) is 77.2 Å². The molecule has 1 aliphatic heterocycles. The molecule has 0 radical (unpaired) electrons. The van der Waals surface area contributed by atoms with Crippen molar-refractivity contribution in [3.63, 3.8) is 0 Å². The number of nitriles is 1. The number of aromatic nitrogens is 1. The number of fused-ring (bicyclic) bond motifs is 1. The van der Waals surface area contributed by atoms with E-state index in [9.17, 15) is 9.90 Å². The van der Waals surface area contributed by atoms with Crippen molar-refractivity contribution in [2.75, 3.05) is 6.54 Å². The Hall–Kier alpha value is -2.71. The van der Waals surface area contributed by atoms with Crippen molar-refractivity contribution < 1.29 is 9.90 Å². The highest BCUT2D eigenvalue weighted by molar-refractivity contribution is 5.92. The molecule has 1 N–H and O–H groups in total. The molecule has 1 aliphatic rings. The molecule has 116 valence electrons. The van der Waals surface area contributed by atoms with Gasteiger partial charge in [0.05, 0.1) is 17.4 Å². The number of aliphatic hydroxyl groups excluding tert-OH is 1. The van der Waals surface area contributed by atoms with Crippen LogP contribution in [0.25, 0.3) is 0 Å². The summed E-state index contributed by atoms with van der Waals surface area (Å²) in [6, 6.07) is 12.9. The maximum Gasteiger partial charge on any atom is 0.272 e. The fourth-order valence-corrected chi connectivity index (χ4v) is 2.86. The zero-order chi connectivity index (χ0) is 16.4. The molecule has 2 heterocycles. The van der Waals surface area contributed by atoms with Crippen molar-refractivity contribution in [2.24, 2.45) is 0 Å². The minimum absolute atomic E-state index is 0.179. The number of hydrogen-bond donors (Lipinski definition) is 1. The molecule has 1 aromatic heterocycles. The number of amides is 1. The SMILES string of the molecule is Cc1nc(C(=O)N2CCC(O)c3ccccc3C2)ccc1C#N. The van der Waals surface area contributed by atoms with Crippen molar-refractivity contribution in [3.8, 4) is 6.07 Å². The largest absolute Gasteiger partial charge is 0.388 e. The number of rotatable bonds is 1. The van der Waals surface area contributed by atoms with Crippen LogP contribution in [0.2, 0.25) is 0 Å². The van der Waals surface area contributed by atoms with Gasteiger partial charge in [-0.2, -0.15) is 5.26 Å². The van der Waals surface area contributed by atoms with Gasteiger partial charge < -0.3 is 10.0 Å². The molecule has 0 fully saturated rings. The van der Waals surface area contributed by atoms with Crippen LogP contribution in [0.5, 0.6) is 0 Å². The Morgan fingerprint density at radius 1 is 1.35 bits per heavy atom. The van der Waals surface area contributed by atoms with Gasteiger partial charge in [-0.1, -0.05) is 24.3 Å². The molecule has 2 aromatic rings. The van der Waals surface area contributed by atoms with Crippen LogP contribution in [0, 0.1) is 18.3 Å². The normalized spacial score (nSPS) is 17.1. The van der Waals surface area contributed by atoms with Crippen molar-refractivity contribution in [2.45, 2.75) is 26.0 Å². The summed E-state index contributed by atoms with van der Waals surface area (Å²) in [5.74, 6) is -0.179. The van der Waals surface area contributed by atoms with Gasteiger partial charge in [0, 0.05) is 13.1 Å². The number of nitrogens with zero attached hydrogens (tertiary/aromatic N) is 3. The van der Waals surface area contributed by atoms with E-state index in [1.807, 2.05) is 30.3 Å². The van der Waals surface area contributed by atoms with Crippen molar-refractivity contribution in [3.05, 3.63) is 64.5 Å². The zero-order valence-electron chi connectivity index (χ0n) is 12.9. The first-order valence-electron chi connectivity index (χ1n) is 7.53. The third-order valence-electron chi connectivity index (χ3n) is 4.16. The third-order valence-corrected chi connectivity index (χ3v) is 4.16. The van der Waals surface area contributed by atoms with Gasteiger partial charge in [-0.15, -0.1) is 0 Å². The van der Waals surface area contributed by atoms with E-state index in [1.165, 1.54) is 0 Å². The van der Waals surface area contributed by atoms with Crippen LogP contribution < -0.4 is 0 Å². The molecule has 0 aliphatic carbocycles. The van der Waals surface area contributed by atoms with Gasteiger partial charge in [-0.25, -0.2) is 4.98 Å². The number of pyridine rings is 1. The molecule has 1 atom stereocenters. The van der Waals surface area contributed by atoms with Crippen molar-refractivity contribution in [1.82, 2.24) is 9.88 Å². The highest BCUT2D eigenvalue weighted by atomic mass is 16.3. The van der Waals surface area contributed by atoms with E-state index in [1.54, 1.807) is 24.0 Å². The maximum absolute atomic E-state index is 12.7. The number of hydrogen-bond acceptors (Lipinski definition) is 4. The molecule has 1 amide bonds. The lowest BCUT2D eigenvalue weighted by molar-refractivity contribution is 0.0717. The first-order valence-corrected chi connectivity index (χ1v) is 7.53. The fourth-order valence-electron chi connectivity index (χ4n) is 2.86. The van der Waals surface area contributed by atoms with Gasteiger partial charge in [0.2, 0.25) is 0 Å². The van der Waals surface area contributed by atoms with Gasteiger partial charge in [-0.3, -0.25) is 4.79 Å². The Bertz CT molecular complexity index is 795. The second-order valence-electron chi connectivity index (χ2n) is 5.67. The molecule has 0 saturated carbocycles. The second-order valence-corrected chi connectivity index (χ2v) is 5.67. The molecule has 0 bridgehead atoms. The highest BCUT2D eigenvalue weighted by Gasteiger charge is 2.25. The zero-order valence-corrected chi connectivity index (χ0v) is 12.9. The lowest BCUT2D eigenvalue weighted by atomic mass is 10.0. The molecule has 5 heteroatoms. The van der Waals surface area contributed by atoms with Crippen molar-refractivity contribution >= 4 is 5.91 Å². The lowest BCUT2D eigenvalue weighted by Crippen LogP contribution is -2.31. The maximum atomic E-state index is 12.7. The minimum Gasteiger partial charge on any atom is -0.388 e. The van der Waals surface area contributed by atoms with E-state index < -0.39 is 6.10 Å². The van der Waals surface area contributed by atoms with Crippen LogP contribution in [0.4, 0.5) is 0 Å². The molecular formula is C18H17N3O2. The van der Waals surface area contributed by atoms with Gasteiger partial charge in [0.25, 0.3) is 5.91 Å². The molecule has 5 nitrogen and oxygen atoms in total. The monoisotopic (exact) mass is 307 g/mol. The van der Waals surface area contributed by atoms with E-state index in [-0.39, 0.29) is 5.91 Å². The Labute approximate surface area is 134 Å². The van der Waals surface area contributed by atoms with Crippen molar-refractivity contribution in [1.29, 1.82) is 5.26 Å². The number of benzene rings is 1. The fraction of sp³-hybridized carbons (Fsp3) is 0.278. The van der Waals surface area contributed by atoms with E-state index in [4.69, 9.17) is 5.26 Å². The van der Waals surface area contributed by atoms with E-state index in [2.05, 4.69) is 4.98 Å². The predicted octanol–water partition coefficient (Wildman–Crippen LogP) is 2.34. The quantitative estimate of drug-likeness (QED) is 0.877. The van der Waals surface area contributed by atoms with E-state index in [0.29, 0.717) is 36.5 Å². The smallest absolute Gasteiger partial charge is 0.272 e. The first-order chi connectivity index (χ1) is 11.1. The van der Waals surface area contributed by atoms with Gasteiger partial charge in [-0.05, 0) is 36.6 Å². The van der Waals surface area contributed by atoms with Gasteiger partial charge >= 0.3 is 0 Å². The second kappa shape index (κ2) is 6.19. The average Bonchev–Trinajstić information content (AvgIpc) is 2.74. The molecule has 0 spiro atoms. The summed E-state index contributed by atoms with van der Waals surface area (Å²) in [6.07, 6.45) is -0.0578. The highest BCUT2D eigenvalue weighted by Crippen LogP contribution is 2.27. The number of aryl methyl sites for hydroxylation is 1. The molecule has 3 rings (SSSR count). The molecule has 1 unspecified atom stereocenters. The van der Waals surface area contributed by atoms with Crippen LogP contribution in [0.3, 0.4) is 0 Å². The molecule has 0 saturated heterocycles. The van der Waals surface area contributed by atoms with Crippen LogP contribution in [0.1, 0.15) is 45.4 Å². The minimum atomic E-state index is -0.556. The molecule has 23 heavy (non-hydrogen) atoms. The predicted molar refractivity (Wildman–Crippen MR) is 84.4 cm³/mol. The van der Waals surface area contributed by atoms with E-state index in [0.717, 1.165) is 11.1 Å². The molecular weight excluding hydrogens is 290 g/mol. The standard InChI is InChI=1S/C18H17N3O2/c1-12-13(10-19)6-7-16(20-12)18(23)21-9-8-17(22)15-5-3-2-4-14(15)11-21/h2-7,17,22H,8-9,11H2,1H3. The molecule has 1 aromatic carbocycles. The first kappa shape index (κ1) is 15.2. The Kier molecular flexibility index (Phi) is 4.09. The number of carbonyl (C=O) groups is 1. The van der Waals surface area contributed by atoms with Gasteiger partial charge in [0.1, 0.15) is 11.8 Å². The number of carbonyl (C=O) groups excluding carboxylic acids is 1. The Morgan fingerprint density at radius 3 is 2.87 bits per heavy atom. The Morgan fingerprint density at radius 2 is 2.13 bits per heavy atom. The van der Waals surface area contributed by atoms with Crippen LogP contribution in [-0.4, -0.2) is 27.4 Å². The van der Waals surface area contributed by atoms with Gasteiger partial charge in [0.15, 0.2) is 0 Å². The summed E-state index contributed by atoms with van der Waals surface area (Å²) in [7, 11) is 0. The Balaban J connectivity index is 1.89. The lowest BCUT2D eigenvalue weighted by Gasteiger charge is -2.20. The number of aliphatic hydroxyl groups is 1. The summed E-state index contributed by atoms with van der Waals surface area (Å²) in [5.41, 5.74) is 3.19. The summed E-state index contributed by atoms with van der Waals surface area (Å²) < 4.78 is 0. The summed E-state index contributed by atoms with van der Waals surface area (Å²) in [4.78, 5) is 18.7. The van der Waals surface area contributed by atoms with Crippen LogP contribution in [0.15, 0.2) is 36.4 Å². The average molecular weight is 307 g/mol. The van der Waals surface area contributed by atoms with E-state index >= 15 is 0 Å². The summed E-state index contributed by atoms with van der Waals surface area (Å²) >= 11 is 0. The summed E-state index contributed by atoms with van der Waals surface area (Å²) in [6.45, 7) is 2.64. The van der Waals surface area contributed by atoms with Crippen LogP contribution in [-0.2, 0) is 6.54 Å². The third kappa shape index (κ3) is 2.94.